The van der Waals surface area contributed by atoms with E-state index in [9.17, 15) is 32.3 Å². The number of benzene rings is 2. The molecule has 3 aliphatic rings. The van der Waals surface area contributed by atoms with Crippen LogP contribution in [0.1, 0.15) is 48.9 Å². The summed E-state index contributed by atoms with van der Waals surface area (Å²) in [5.74, 6) is -6.88. The van der Waals surface area contributed by atoms with Crippen LogP contribution >= 0.6 is 0 Å². The minimum atomic E-state index is -1.96. The number of carbonyl (C=O) groups is 4. The first kappa shape index (κ1) is 26.4. The Morgan fingerprint density at radius 3 is 2.41 bits per heavy atom. The van der Waals surface area contributed by atoms with Crippen molar-refractivity contribution in [2.45, 2.75) is 50.3 Å². The maximum Gasteiger partial charge on any atom is 0.418 e. The number of ether oxygens (including phenoxy) is 1. The molecule has 0 bridgehead atoms. The van der Waals surface area contributed by atoms with Gasteiger partial charge in [-0.1, -0.05) is 0 Å². The molecule has 206 valence electrons. The molecular formula is C26H24F4N4O5. The summed E-state index contributed by atoms with van der Waals surface area (Å²) in [6.07, 6.45) is -0.233. The predicted molar refractivity (Wildman–Crippen MR) is 127 cm³/mol. The molecule has 13 heteroatoms. The number of rotatable bonds is 4. The first-order valence-corrected chi connectivity index (χ1v) is 12.3. The molecule has 2 aliphatic heterocycles. The third-order valence-corrected chi connectivity index (χ3v) is 7.52. The Morgan fingerprint density at radius 1 is 1.05 bits per heavy atom. The highest BCUT2D eigenvalue weighted by molar-refractivity contribution is 6.06. The molecule has 0 aromatic heterocycles. The first-order chi connectivity index (χ1) is 18.5. The lowest BCUT2D eigenvalue weighted by Gasteiger charge is -2.30. The molecule has 1 aliphatic carbocycles. The van der Waals surface area contributed by atoms with Gasteiger partial charge in [0.25, 0.3) is 5.91 Å². The van der Waals surface area contributed by atoms with Gasteiger partial charge < -0.3 is 20.3 Å². The second kappa shape index (κ2) is 9.54. The van der Waals surface area contributed by atoms with E-state index in [-0.39, 0.29) is 29.7 Å². The van der Waals surface area contributed by atoms with Crippen LogP contribution in [0, 0.1) is 23.3 Å². The van der Waals surface area contributed by atoms with Gasteiger partial charge in [-0.3, -0.25) is 9.59 Å². The zero-order valence-electron chi connectivity index (χ0n) is 20.9. The number of nitrogens with one attached hydrogen (secondary N) is 2. The molecule has 5 rings (SSSR count). The van der Waals surface area contributed by atoms with Crippen LogP contribution in [0.5, 0.6) is 0 Å². The van der Waals surface area contributed by atoms with E-state index in [1.54, 1.807) is 6.92 Å². The standard InChI is InChI=1S/C26H24F4N4O5/c1-12-3-4-19(14-8-17(28)22(30)18(29)9-14)34(12)20(35)11-33-23(36)26(39-25(33)38)6-5-13-7-15(32-24(37)31-2)10-16(27)21(13)26/h7-10,12,19H,3-6,11H2,1-2H3,(H2,31,32,37)/t12-,19-,26?/m0/s1. The average Bonchev–Trinajstić information content (AvgIpc) is 3.52. The Balaban J connectivity index is 1.39. The van der Waals surface area contributed by atoms with E-state index in [0.29, 0.717) is 23.3 Å². The van der Waals surface area contributed by atoms with Gasteiger partial charge in [0.05, 0.1) is 6.04 Å². The second-order valence-corrected chi connectivity index (χ2v) is 9.82. The molecule has 5 amide bonds. The molecule has 0 saturated carbocycles. The molecule has 1 unspecified atom stereocenters. The van der Waals surface area contributed by atoms with E-state index in [2.05, 4.69) is 10.6 Å². The molecule has 2 aromatic carbocycles. The highest BCUT2D eigenvalue weighted by Crippen LogP contribution is 2.47. The van der Waals surface area contributed by atoms with Gasteiger partial charge >= 0.3 is 12.1 Å². The molecular weight excluding hydrogens is 524 g/mol. The van der Waals surface area contributed by atoms with Gasteiger partial charge in [-0.15, -0.1) is 0 Å². The molecule has 9 nitrogen and oxygen atoms in total. The zero-order chi connectivity index (χ0) is 28.2. The maximum atomic E-state index is 15.2. The van der Waals surface area contributed by atoms with Crippen LogP contribution in [0.15, 0.2) is 24.3 Å². The molecule has 2 aromatic rings. The fourth-order valence-corrected chi connectivity index (χ4v) is 5.73. The average molecular weight is 548 g/mol. The van der Waals surface area contributed by atoms with Gasteiger partial charge in [0.15, 0.2) is 17.5 Å². The fraction of sp³-hybridized carbons (Fsp3) is 0.385. The number of likely N-dealkylation sites (tertiary alicyclic amines) is 1. The van der Waals surface area contributed by atoms with E-state index >= 15 is 4.39 Å². The van der Waals surface area contributed by atoms with E-state index in [4.69, 9.17) is 4.74 Å². The predicted octanol–water partition coefficient (Wildman–Crippen LogP) is 3.87. The number of aryl methyl sites for hydroxylation is 1. The van der Waals surface area contributed by atoms with E-state index in [1.165, 1.54) is 18.0 Å². The number of fused-ring (bicyclic) bond motifs is 2. The van der Waals surface area contributed by atoms with Crippen molar-refractivity contribution in [3.8, 4) is 0 Å². The van der Waals surface area contributed by atoms with E-state index in [0.717, 1.165) is 18.2 Å². The smallest absolute Gasteiger partial charge is 0.418 e. The summed E-state index contributed by atoms with van der Waals surface area (Å²) in [4.78, 5) is 53.2. The van der Waals surface area contributed by atoms with Crippen molar-refractivity contribution in [1.29, 1.82) is 0 Å². The lowest BCUT2D eigenvalue weighted by atomic mass is 9.94. The number of halogens is 4. The highest BCUT2D eigenvalue weighted by atomic mass is 19.2. The largest absolute Gasteiger partial charge is 0.427 e. The number of imide groups is 1. The summed E-state index contributed by atoms with van der Waals surface area (Å²) in [5, 5.41) is 4.79. The van der Waals surface area contributed by atoms with Crippen molar-refractivity contribution >= 4 is 29.6 Å². The summed E-state index contributed by atoms with van der Waals surface area (Å²) in [7, 11) is 1.39. The fourth-order valence-electron chi connectivity index (χ4n) is 5.73. The lowest BCUT2D eigenvalue weighted by Crippen LogP contribution is -2.46. The Hall–Kier alpha value is -4.16. The molecule has 0 radical (unpaired) electrons. The topological polar surface area (TPSA) is 108 Å². The van der Waals surface area contributed by atoms with Gasteiger partial charge in [-0.2, -0.15) is 0 Å². The van der Waals surface area contributed by atoms with Crippen molar-refractivity contribution in [3.05, 3.63) is 64.2 Å². The third kappa shape index (κ3) is 4.25. The van der Waals surface area contributed by atoms with Gasteiger partial charge in [0.2, 0.25) is 11.5 Å². The highest BCUT2D eigenvalue weighted by Gasteiger charge is 2.60. The van der Waals surface area contributed by atoms with Crippen molar-refractivity contribution < 1.29 is 41.5 Å². The van der Waals surface area contributed by atoms with Crippen molar-refractivity contribution in [1.82, 2.24) is 15.1 Å². The third-order valence-electron chi connectivity index (χ3n) is 7.52. The number of urea groups is 1. The number of hydrogen-bond donors (Lipinski definition) is 2. The molecule has 2 saturated heterocycles. The van der Waals surface area contributed by atoms with Gasteiger partial charge in [-0.05, 0) is 61.6 Å². The molecule has 39 heavy (non-hydrogen) atoms. The van der Waals surface area contributed by atoms with Crippen LogP contribution in [-0.2, 0) is 26.3 Å². The Bertz CT molecular complexity index is 1400. The quantitative estimate of drug-likeness (QED) is 0.446. The number of nitrogens with zero attached hydrogens (tertiary/aromatic N) is 2. The van der Waals surface area contributed by atoms with Crippen LogP contribution in [0.3, 0.4) is 0 Å². The maximum absolute atomic E-state index is 15.2. The molecule has 1 spiro atoms. The number of carbonyl (C=O) groups excluding carboxylic acids is 4. The van der Waals surface area contributed by atoms with Crippen LogP contribution in [0.2, 0.25) is 0 Å². The normalized spacial score (nSPS) is 23.8. The van der Waals surface area contributed by atoms with Crippen molar-refractivity contribution in [2.75, 3.05) is 18.9 Å². The first-order valence-electron chi connectivity index (χ1n) is 12.3. The number of amides is 5. The summed E-state index contributed by atoms with van der Waals surface area (Å²) in [5.41, 5.74) is -1.54. The SMILES string of the molecule is CNC(=O)Nc1cc(F)c2c(c1)CCC21OC(=O)N(CC(=O)N2[C@@H](C)CC[C@H]2c2cc(F)c(F)c(F)c2)C1=O. The monoisotopic (exact) mass is 548 g/mol. The minimum Gasteiger partial charge on any atom is -0.427 e. The molecule has 2 fully saturated rings. The van der Waals surface area contributed by atoms with Gasteiger partial charge in [0.1, 0.15) is 12.4 Å². The summed E-state index contributed by atoms with van der Waals surface area (Å²) >= 11 is 0. The molecule has 2 N–H and O–H groups in total. The number of anilines is 1. The van der Waals surface area contributed by atoms with E-state index < -0.39 is 71.4 Å². The second-order valence-electron chi connectivity index (χ2n) is 9.82. The van der Waals surface area contributed by atoms with Gasteiger partial charge in [0, 0.05) is 30.8 Å². The van der Waals surface area contributed by atoms with Crippen LogP contribution in [0.25, 0.3) is 0 Å². The minimum absolute atomic E-state index is 0.0452. The van der Waals surface area contributed by atoms with Crippen LogP contribution in [-0.4, -0.2) is 53.4 Å². The van der Waals surface area contributed by atoms with E-state index in [1.807, 2.05) is 0 Å². The summed E-state index contributed by atoms with van der Waals surface area (Å²) in [6.45, 7) is 0.965. The zero-order valence-corrected chi connectivity index (χ0v) is 20.9. The number of hydrogen-bond acceptors (Lipinski definition) is 5. The summed E-state index contributed by atoms with van der Waals surface area (Å²) < 4.78 is 61.9. The molecule has 3 atom stereocenters. The van der Waals surface area contributed by atoms with Gasteiger partial charge in [-0.25, -0.2) is 32.1 Å². The molecule has 2 heterocycles. The van der Waals surface area contributed by atoms with Crippen LogP contribution < -0.4 is 10.6 Å². The van der Waals surface area contributed by atoms with Crippen molar-refractivity contribution in [3.63, 3.8) is 0 Å². The summed E-state index contributed by atoms with van der Waals surface area (Å²) in [6, 6.07) is 2.33. The Morgan fingerprint density at radius 2 is 1.74 bits per heavy atom. The lowest BCUT2D eigenvalue weighted by molar-refractivity contribution is -0.143. The Kier molecular flexibility index (Phi) is 6.47. The van der Waals surface area contributed by atoms with Crippen LogP contribution in [0.4, 0.5) is 32.8 Å². The van der Waals surface area contributed by atoms with Crippen molar-refractivity contribution in [2.24, 2.45) is 0 Å². The Labute approximate surface area is 220 Å².